The Morgan fingerprint density at radius 1 is 1.62 bits per heavy atom. The van der Waals surface area contributed by atoms with Gasteiger partial charge in [0, 0.05) is 11.5 Å². The molecule has 0 radical (unpaired) electrons. The minimum Gasteiger partial charge on any atom is -0.506 e. The van der Waals surface area contributed by atoms with Gasteiger partial charge in [0.1, 0.15) is 11.8 Å². The lowest BCUT2D eigenvalue weighted by molar-refractivity contribution is -0.145. The van der Waals surface area contributed by atoms with Crippen LogP contribution >= 0.6 is 11.6 Å². The molecule has 21 heavy (non-hydrogen) atoms. The van der Waals surface area contributed by atoms with Gasteiger partial charge in [-0.15, -0.1) is 0 Å². The van der Waals surface area contributed by atoms with Crippen LogP contribution in [0.15, 0.2) is 23.3 Å². The molecule has 2 N–H and O–H groups in total. The fraction of sp³-hybridized carbons (Fsp3) is 0.462. The van der Waals surface area contributed by atoms with E-state index < -0.39 is 12.0 Å². The largest absolute Gasteiger partial charge is 0.506 e. The Kier molecular flexibility index (Phi) is 7.39. The number of halogens is 1. The molecule has 0 aliphatic heterocycles. The van der Waals surface area contributed by atoms with Gasteiger partial charge in [0.25, 0.3) is 0 Å². The molecule has 0 bridgehead atoms. The van der Waals surface area contributed by atoms with Crippen LogP contribution in [0.5, 0.6) is 5.75 Å². The number of azide groups is 1. The zero-order valence-electron chi connectivity index (χ0n) is 11.6. The van der Waals surface area contributed by atoms with Crippen molar-refractivity contribution in [3.8, 4) is 5.75 Å². The third kappa shape index (κ3) is 5.51. The van der Waals surface area contributed by atoms with Crippen molar-refractivity contribution >= 4 is 17.6 Å². The Hall–Kier alpha value is -1.95. The summed E-state index contributed by atoms with van der Waals surface area (Å²) in [4.78, 5) is 14.6. The molecule has 1 aromatic carbocycles. The number of ether oxygens (including phenoxy) is 1. The Morgan fingerprint density at radius 3 is 3.00 bits per heavy atom. The lowest BCUT2D eigenvalue weighted by atomic mass is 10.1. The lowest BCUT2D eigenvalue weighted by Crippen LogP contribution is -2.31. The molecule has 8 heteroatoms. The van der Waals surface area contributed by atoms with Gasteiger partial charge in [-0.2, -0.15) is 0 Å². The number of phenolic OH excluding ortho intramolecular Hbond substituents is 1. The monoisotopic (exact) mass is 312 g/mol. The van der Waals surface area contributed by atoms with E-state index in [4.69, 9.17) is 21.9 Å². The van der Waals surface area contributed by atoms with Gasteiger partial charge in [-0.1, -0.05) is 22.8 Å². The SMILES string of the molecule is CCOC(=O)C(NCCCN=[N+]=[N-])c1ccc(O)c(Cl)c1. The van der Waals surface area contributed by atoms with Crippen molar-refractivity contribution in [3.05, 3.63) is 39.2 Å². The van der Waals surface area contributed by atoms with Crippen LogP contribution in [0.3, 0.4) is 0 Å². The summed E-state index contributed by atoms with van der Waals surface area (Å²) in [5.74, 6) is -0.477. The molecular formula is C13H17ClN4O3. The van der Waals surface area contributed by atoms with Gasteiger partial charge in [0.05, 0.1) is 11.6 Å². The molecule has 0 aliphatic rings. The van der Waals surface area contributed by atoms with Crippen LogP contribution in [0, 0.1) is 0 Å². The van der Waals surface area contributed by atoms with E-state index in [1.54, 1.807) is 13.0 Å². The predicted octanol–water partition coefficient (Wildman–Crippen LogP) is 2.94. The maximum atomic E-state index is 12.0. The summed E-state index contributed by atoms with van der Waals surface area (Å²) in [6.45, 7) is 2.80. The van der Waals surface area contributed by atoms with Crippen molar-refractivity contribution < 1.29 is 14.6 Å². The van der Waals surface area contributed by atoms with Crippen molar-refractivity contribution in [1.82, 2.24) is 5.32 Å². The number of hydrogen-bond donors (Lipinski definition) is 2. The van der Waals surface area contributed by atoms with E-state index in [-0.39, 0.29) is 17.4 Å². The van der Waals surface area contributed by atoms with Crippen molar-refractivity contribution in [2.45, 2.75) is 19.4 Å². The molecule has 0 fully saturated rings. The summed E-state index contributed by atoms with van der Waals surface area (Å²) >= 11 is 5.86. The van der Waals surface area contributed by atoms with E-state index >= 15 is 0 Å². The third-order valence-electron chi connectivity index (χ3n) is 2.67. The van der Waals surface area contributed by atoms with Gasteiger partial charge in [-0.25, -0.2) is 4.79 Å². The van der Waals surface area contributed by atoms with E-state index in [1.807, 2.05) is 0 Å². The van der Waals surface area contributed by atoms with Crippen LogP contribution < -0.4 is 5.32 Å². The maximum Gasteiger partial charge on any atom is 0.327 e. The fourth-order valence-electron chi connectivity index (χ4n) is 1.71. The van der Waals surface area contributed by atoms with Crippen LogP contribution in [0.25, 0.3) is 10.4 Å². The molecule has 0 aromatic heterocycles. The highest BCUT2D eigenvalue weighted by atomic mass is 35.5. The summed E-state index contributed by atoms with van der Waals surface area (Å²) in [6, 6.07) is 3.85. The first-order valence-corrected chi connectivity index (χ1v) is 6.87. The number of esters is 1. The zero-order valence-corrected chi connectivity index (χ0v) is 12.4. The van der Waals surface area contributed by atoms with Crippen LogP contribution in [0.1, 0.15) is 24.9 Å². The second-order valence-corrected chi connectivity index (χ2v) is 4.57. The average molecular weight is 313 g/mol. The number of carbonyl (C=O) groups is 1. The Bertz CT molecular complexity index is 532. The highest BCUT2D eigenvalue weighted by Crippen LogP contribution is 2.27. The maximum absolute atomic E-state index is 12.0. The van der Waals surface area contributed by atoms with Gasteiger partial charge in [-0.05, 0) is 43.1 Å². The number of hydrogen-bond acceptors (Lipinski definition) is 5. The van der Waals surface area contributed by atoms with E-state index in [0.29, 0.717) is 25.1 Å². The molecule has 0 saturated carbocycles. The predicted molar refractivity (Wildman–Crippen MR) is 79.1 cm³/mol. The molecule has 7 nitrogen and oxygen atoms in total. The zero-order chi connectivity index (χ0) is 15.7. The molecule has 1 rings (SSSR count). The van der Waals surface area contributed by atoms with Crippen LogP contribution in [-0.4, -0.2) is 30.8 Å². The average Bonchev–Trinajstić information content (AvgIpc) is 2.46. The smallest absolute Gasteiger partial charge is 0.327 e. The molecule has 1 unspecified atom stereocenters. The highest BCUT2D eigenvalue weighted by Gasteiger charge is 2.21. The first kappa shape index (κ1) is 17.1. The molecule has 0 heterocycles. The number of rotatable bonds is 8. The molecule has 1 atom stereocenters. The van der Waals surface area contributed by atoms with Crippen LogP contribution in [-0.2, 0) is 9.53 Å². The molecule has 114 valence electrons. The van der Waals surface area contributed by atoms with E-state index in [2.05, 4.69) is 15.3 Å². The molecule has 0 spiro atoms. The quantitative estimate of drug-likeness (QED) is 0.253. The molecule has 0 amide bonds. The number of benzene rings is 1. The van der Waals surface area contributed by atoms with Gasteiger partial charge in [0.2, 0.25) is 0 Å². The third-order valence-corrected chi connectivity index (χ3v) is 2.98. The Balaban J connectivity index is 2.78. The standard InChI is InChI=1S/C13H17ClN4O3/c1-2-21-13(20)12(16-6-3-7-17-18-15)9-4-5-11(19)10(14)8-9/h4-5,8,12,16,19H,2-3,6-7H2,1H3. The minimum atomic E-state index is -0.686. The van der Waals surface area contributed by atoms with Gasteiger partial charge in [-0.3, -0.25) is 0 Å². The van der Waals surface area contributed by atoms with E-state index in [0.717, 1.165) is 0 Å². The number of phenols is 1. The molecule has 1 aromatic rings. The Morgan fingerprint density at radius 2 is 2.38 bits per heavy atom. The second kappa shape index (κ2) is 9.07. The van der Waals surface area contributed by atoms with Crippen molar-refractivity contribution in [2.24, 2.45) is 5.11 Å². The minimum absolute atomic E-state index is 0.0496. The van der Waals surface area contributed by atoms with Crippen LogP contribution in [0.2, 0.25) is 5.02 Å². The fourth-order valence-corrected chi connectivity index (χ4v) is 1.90. The molecule has 0 saturated heterocycles. The number of nitrogens with one attached hydrogen (secondary N) is 1. The first-order valence-electron chi connectivity index (χ1n) is 6.49. The lowest BCUT2D eigenvalue weighted by Gasteiger charge is -2.18. The highest BCUT2D eigenvalue weighted by molar-refractivity contribution is 6.32. The molecular weight excluding hydrogens is 296 g/mol. The normalized spacial score (nSPS) is 11.5. The van der Waals surface area contributed by atoms with E-state index in [9.17, 15) is 9.90 Å². The van der Waals surface area contributed by atoms with Crippen molar-refractivity contribution in [2.75, 3.05) is 19.7 Å². The van der Waals surface area contributed by atoms with Gasteiger partial charge >= 0.3 is 5.97 Å². The van der Waals surface area contributed by atoms with Crippen LogP contribution in [0.4, 0.5) is 0 Å². The number of carbonyl (C=O) groups excluding carboxylic acids is 1. The van der Waals surface area contributed by atoms with Gasteiger partial charge < -0.3 is 15.2 Å². The van der Waals surface area contributed by atoms with Crippen molar-refractivity contribution in [3.63, 3.8) is 0 Å². The number of aromatic hydroxyl groups is 1. The van der Waals surface area contributed by atoms with Gasteiger partial charge in [0.15, 0.2) is 0 Å². The summed E-state index contributed by atoms with van der Waals surface area (Å²) < 4.78 is 5.02. The Labute approximate surface area is 127 Å². The summed E-state index contributed by atoms with van der Waals surface area (Å²) in [5, 5.41) is 16.0. The second-order valence-electron chi connectivity index (χ2n) is 4.16. The summed E-state index contributed by atoms with van der Waals surface area (Å²) in [6.07, 6.45) is 0.589. The first-order chi connectivity index (χ1) is 10.1. The molecule has 0 aliphatic carbocycles. The number of nitrogens with zero attached hydrogens (tertiary/aromatic N) is 3. The summed E-state index contributed by atoms with van der Waals surface area (Å²) in [5.41, 5.74) is 8.79. The van der Waals surface area contributed by atoms with Crippen molar-refractivity contribution in [1.29, 1.82) is 0 Å². The van der Waals surface area contributed by atoms with E-state index in [1.165, 1.54) is 12.1 Å². The topological polar surface area (TPSA) is 107 Å². The summed E-state index contributed by atoms with van der Waals surface area (Å²) in [7, 11) is 0.